The largest absolute Gasteiger partial charge is 0.387 e. The van der Waals surface area contributed by atoms with Crippen LogP contribution in [0.15, 0.2) is 36.5 Å². The summed E-state index contributed by atoms with van der Waals surface area (Å²) >= 11 is 0. The summed E-state index contributed by atoms with van der Waals surface area (Å²) in [5.74, 6) is 0. The number of benzene rings is 1. The van der Waals surface area contributed by atoms with Crippen molar-refractivity contribution in [3.8, 4) is 0 Å². The van der Waals surface area contributed by atoms with E-state index in [1.54, 1.807) is 0 Å². The first kappa shape index (κ1) is 16.7. The van der Waals surface area contributed by atoms with Gasteiger partial charge in [0.15, 0.2) is 0 Å². The molecule has 0 aliphatic carbocycles. The van der Waals surface area contributed by atoms with E-state index in [0.29, 0.717) is 6.54 Å². The smallest absolute Gasteiger partial charge is 0.0914 e. The van der Waals surface area contributed by atoms with Crippen LogP contribution in [0, 0.1) is 6.92 Å². The van der Waals surface area contributed by atoms with Crippen molar-refractivity contribution in [2.75, 3.05) is 6.54 Å². The minimum absolute atomic E-state index is 0.0215. The van der Waals surface area contributed by atoms with Gasteiger partial charge in [-0.2, -0.15) is 5.10 Å². The van der Waals surface area contributed by atoms with Gasteiger partial charge in [0.2, 0.25) is 0 Å². The Kier molecular flexibility index (Phi) is 5.04. The summed E-state index contributed by atoms with van der Waals surface area (Å²) in [6.45, 7) is 11.1. The first-order valence-electron chi connectivity index (χ1n) is 7.82. The fourth-order valence-corrected chi connectivity index (χ4v) is 2.43. The Bertz CT molecular complexity index is 599. The molecule has 0 amide bonds. The van der Waals surface area contributed by atoms with E-state index in [2.05, 4.69) is 44.3 Å². The van der Waals surface area contributed by atoms with Crippen molar-refractivity contribution in [3.63, 3.8) is 0 Å². The minimum Gasteiger partial charge on any atom is -0.387 e. The fraction of sp³-hybridized carbons (Fsp3) is 0.500. The summed E-state index contributed by atoms with van der Waals surface area (Å²) < 4.78 is 2.00. The van der Waals surface area contributed by atoms with Crippen LogP contribution in [0.3, 0.4) is 0 Å². The molecule has 2 N–H and O–H groups in total. The van der Waals surface area contributed by atoms with Gasteiger partial charge in [0.1, 0.15) is 0 Å². The zero-order valence-electron chi connectivity index (χ0n) is 14.2. The second kappa shape index (κ2) is 6.63. The van der Waals surface area contributed by atoms with Gasteiger partial charge >= 0.3 is 0 Å². The van der Waals surface area contributed by atoms with Crippen molar-refractivity contribution in [1.29, 1.82) is 0 Å². The molecule has 1 aromatic carbocycles. The standard InChI is InChI=1S/C18H27N3O/c1-13(16-12-21(18(3,4)5)20-14(16)2)19-11-17(22)15-9-7-6-8-10-15/h6-10,12-13,17,19,22H,11H2,1-5H3/t13-,17+/m1/s1. The fourth-order valence-electron chi connectivity index (χ4n) is 2.43. The van der Waals surface area contributed by atoms with Gasteiger partial charge in [-0.3, -0.25) is 4.68 Å². The number of aliphatic hydroxyl groups is 1. The van der Waals surface area contributed by atoms with E-state index in [-0.39, 0.29) is 11.6 Å². The number of aliphatic hydroxyl groups excluding tert-OH is 1. The van der Waals surface area contributed by atoms with E-state index in [4.69, 9.17) is 0 Å². The topological polar surface area (TPSA) is 50.1 Å². The van der Waals surface area contributed by atoms with Crippen molar-refractivity contribution < 1.29 is 5.11 Å². The molecule has 2 atom stereocenters. The first-order valence-corrected chi connectivity index (χ1v) is 7.82. The Balaban J connectivity index is 2.01. The lowest BCUT2D eigenvalue weighted by Crippen LogP contribution is -2.25. The van der Waals surface area contributed by atoms with Gasteiger partial charge in [-0.1, -0.05) is 30.3 Å². The summed E-state index contributed by atoms with van der Waals surface area (Å²) in [6, 6.07) is 9.88. The summed E-state index contributed by atoms with van der Waals surface area (Å²) in [4.78, 5) is 0. The molecule has 0 bridgehead atoms. The molecule has 0 saturated heterocycles. The molecular weight excluding hydrogens is 274 g/mol. The maximum atomic E-state index is 10.2. The molecule has 0 fully saturated rings. The summed E-state index contributed by atoms with van der Waals surface area (Å²) in [5.41, 5.74) is 3.12. The third-order valence-electron chi connectivity index (χ3n) is 3.89. The van der Waals surface area contributed by atoms with Crippen LogP contribution in [0.25, 0.3) is 0 Å². The van der Waals surface area contributed by atoms with Crippen molar-refractivity contribution in [2.24, 2.45) is 0 Å². The van der Waals surface area contributed by atoms with Gasteiger partial charge in [-0.15, -0.1) is 0 Å². The van der Waals surface area contributed by atoms with Crippen molar-refractivity contribution >= 4 is 0 Å². The Morgan fingerprint density at radius 1 is 1.23 bits per heavy atom. The Morgan fingerprint density at radius 3 is 2.41 bits per heavy atom. The number of nitrogens with zero attached hydrogens (tertiary/aromatic N) is 2. The monoisotopic (exact) mass is 301 g/mol. The number of aromatic nitrogens is 2. The maximum Gasteiger partial charge on any atom is 0.0914 e. The number of hydrogen-bond donors (Lipinski definition) is 2. The molecular formula is C18H27N3O. The quantitative estimate of drug-likeness (QED) is 0.890. The second-order valence-electron chi connectivity index (χ2n) is 6.84. The molecule has 0 aliphatic rings. The zero-order valence-corrected chi connectivity index (χ0v) is 14.2. The molecule has 1 heterocycles. The maximum absolute atomic E-state index is 10.2. The molecule has 1 aromatic heterocycles. The molecule has 0 aliphatic heterocycles. The highest BCUT2D eigenvalue weighted by atomic mass is 16.3. The van der Waals surface area contributed by atoms with Crippen LogP contribution in [-0.2, 0) is 5.54 Å². The summed E-state index contributed by atoms with van der Waals surface area (Å²) in [5, 5.41) is 18.2. The average molecular weight is 301 g/mol. The molecule has 0 spiro atoms. The lowest BCUT2D eigenvalue weighted by molar-refractivity contribution is 0.170. The molecule has 2 aromatic rings. The van der Waals surface area contributed by atoms with E-state index in [1.165, 1.54) is 5.56 Å². The van der Waals surface area contributed by atoms with E-state index in [1.807, 2.05) is 41.9 Å². The van der Waals surface area contributed by atoms with Crippen LogP contribution in [0.1, 0.15) is 56.7 Å². The van der Waals surface area contributed by atoms with Crippen LogP contribution in [0.4, 0.5) is 0 Å². The van der Waals surface area contributed by atoms with Crippen LogP contribution in [0.5, 0.6) is 0 Å². The van der Waals surface area contributed by atoms with Crippen molar-refractivity contribution in [2.45, 2.75) is 52.3 Å². The van der Waals surface area contributed by atoms with Crippen LogP contribution in [-0.4, -0.2) is 21.4 Å². The number of aryl methyl sites for hydroxylation is 1. The van der Waals surface area contributed by atoms with Gasteiger partial charge in [0.25, 0.3) is 0 Å². The lowest BCUT2D eigenvalue weighted by atomic mass is 10.1. The third-order valence-corrected chi connectivity index (χ3v) is 3.89. The van der Waals surface area contributed by atoms with Gasteiger partial charge in [-0.25, -0.2) is 0 Å². The Labute approximate surface area is 133 Å². The predicted molar refractivity (Wildman–Crippen MR) is 89.8 cm³/mol. The lowest BCUT2D eigenvalue weighted by Gasteiger charge is -2.19. The van der Waals surface area contributed by atoms with E-state index in [0.717, 1.165) is 11.3 Å². The van der Waals surface area contributed by atoms with Crippen LogP contribution < -0.4 is 5.32 Å². The number of rotatable bonds is 5. The predicted octanol–water partition coefficient (Wildman–Crippen LogP) is 3.33. The average Bonchev–Trinajstić information content (AvgIpc) is 2.87. The van der Waals surface area contributed by atoms with Crippen LogP contribution >= 0.6 is 0 Å². The highest BCUT2D eigenvalue weighted by Crippen LogP contribution is 2.21. The number of nitrogens with one attached hydrogen (secondary N) is 1. The Morgan fingerprint density at radius 2 is 1.86 bits per heavy atom. The summed E-state index contributed by atoms with van der Waals surface area (Å²) in [6.07, 6.45) is 1.60. The van der Waals surface area contributed by atoms with Gasteiger partial charge < -0.3 is 10.4 Å². The van der Waals surface area contributed by atoms with E-state index >= 15 is 0 Å². The van der Waals surface area contributed by atoms with E-state index in [9.17, 15) is 5.11 Å². The minimum atomic E-state index is -0.499. The van der Waals surface area contributed by atoms with Gasteiger partial charge in [0, 0.05) is 24.3 Å². The molecule has 120 valence electrons. The zero-order chi connectivity index (χ0) is 16.3. The molecule has 2 rings (SSSR count). The van der Waals surface area contributed by atoms with Gasteiger partial charge in [-0.05, 0) is 40.2 Å². The number of hydrogen-bond acceptors (Lipinski definition) is 3. The van der Waals surface area contributed by atoms with E-state index < -0.39 is 6.10 Å². The van der Waals surface area contributed by atoms with Gasteiger partial charge in [0.05, 0.1) is 17.3 Å². The highest BCUT2D eigenvalue weighted by molar-refractivity contribution is 5.21. The SMILES string of the molecule is Cc1nn(C(C)(C)C)cc1[C@@H](C)NC[C@H](O)c1ccccc1. The Hall–Kier alpha value is -1.65. The molecule has 4 heteroatoms. The molecule has 4 nitrogen and oxygen atoms in total. The van der Waals surface area contributed by atoms with Crippen LogP contribution in [0.2, 0.25) is 0 Å². The third kappa shape index (κ3) is 3.96. The molecule has 22 heavy (non-hydrogen) atoms. The molecule has 0 unspecified atom stereocenters. The summed E-state index contributed by atoms with van der Waals surface area (Å²) in [7, 11) is 0. The molecule has 0 radical (unpaired) electrons. The first-order chi connectivity index (χ1) is 10.3. The molecule has 0 saturated carbocycles. The normalized spacial score (nSPS) is 14.8. The second-order valence-corrected chi connectivity index (χ2v) is 6.84. The van der Waals surface area contributed by atoms with Crippen molar-refractivity contribution in [3.05, 3.63) is 53.3 Å². The highest BCUT2D eigenvalue weighted by Gasteiger charge is 2.19. The van der Waals surface area contributed by atoms with Crippen molar-refractivity contribution in [1.82, 2.24) is 15.1 Å².